The number of hydrogen-bond donors (Lipinski definition) is 0. The highest BCUT2D eigenvalue weighted by atomic mass is 14.6. The minimum Gasteiger partial charge on any atom is -0.0594 e. The third-order valence-electron chi connectivity index (χ3n) is 21.1. The molecule has 10 aliphatic rings. The molecule has 0 aromatic rings. The Morgan fingerprint density at radius 3 is 1.22 bits per heavy atom. The molecule has 10 aliphatic carbocycles. The second-order valence-electron chi connectivity index (χ2n) is 22.6. The molecule has 0 bridgehead atoms. The van der Waals surface area contributed by atoms with Gasteiger partial charge >= 0.3 is 0 Å². The first kappa shape index (κ1) is 33.6. The average molecular weight is 669 g/mol. The van der Waals surface area contributed by atoms with Crippen molar-refractivity contribution < 1.29 is 0 Å². The van der Waals surface area contributed by atoms with Gasteiger partial charge in [-0.25, -0.2) is 0 Å². The van der Waals surface area contributed by atoms with Crippen molar-refractivity contribution >= 4 is 0 Å². The molecule has 18 unspecified atom stereocenters. The van der Waals surface area contributed by atoms with E-state index < -0.39 is 0 Å². The molecule has 0 amide bonds. The van der Waals surface area contributed by atoms with Gasteiger partial charge in [0.25, 0.3) is 0 Å². The number of hydrogen-bond acceptors (Lipinski definition) is 0. The molecule has 10 fully saturated rings. The summed E-state index contributed by atoms with van der Waals surface area (Å²) < 4.78 is 0. The van der Waals surface area contributed by atoms with Crippen molar-refractivity contribution in [2.75, 3.05) is 0 Å². The monoisotopic (exact) mass is 669 g/mol. The van der Waals surface area contributed by atoms with Gasteiger partial charge in [-0.2, -0.15) is 0 Å². The molecule has 10 saturated carbocycles. The molecule has 0 aromatic heterocycles. The van der Waals surface area contributed by atoms with Gasteiger partial charge in [0.1, 0.15) is 0 Å². The summed E-state index contributed by atoms with van der Waals surface area (Å²) in [5.41, 5.74) is 0.605. The van der Waals surface area contributed by atoms with Crippen molar-refractivity contribution in [1.29, 1.82) is 0 Å². The second-order valence-corrected chi connectivity index (χ2v) is 22.6. The Hall–Kier alpha value is 0. The van der Waals surface area contributed by atoms with Crippen LogP contribution in [0.1, 0.15) is 194 Å². The van der Waals surface area contributed by atoms with Gasteiger partial charge in [-0.05, 0) is 215 Å². The van der Waals surface area contributed by atoms with Crippen molar-refractivity contribution in [1.82, 2.24) is 0 Å². The Bertz CT molecular complexity index is 1130. The van der Waals surface area contributed by atoms with Crippen LogP contribution >= 0.6 is 0 Å². The van der Waals surface area contributed by atoms with E-state index >= 15 is 0 Å². The molecule has 0 aromatic carbocycles. The Morgan fingerprint density at radius 1 is 0.245 bits per heavy atom. The van der Waals surface area contributed by atoms with E-state index in [-0.39, 0.29) is 0 Å². The maximum atomic E-state index is 2.83. The average Bonchev–Trinajstić information content (AvgIpc) is 3.38. The van der Waals surface area contributed by atoms with E-state index in [9.17, 15) is 0 Å². The van der Waals surface area contributed by atoms with E-state index in [1.54, 1.807) is 180 Å². The van der Waals surface area contributed by atoms with Gasteiger partial charge in [-0.3, -0.25) is 0 Å². The lowest BCUT2D eigenvalue weighted by atomic mass is 9.49. The summed E-state index contributed by atoms with van der Waals surface area (Å²) in [4.78, 5) is 0. The smallest absolute Gasteiger partial charge is 0.0292 e. The zero-order valence-electron chi connectivity index (χ0n) is 32.7. The minimum absolute atomic E-state index is 0.605. The van der Waals surface area contributed by atoms with Gasteiger partial charge < -0.3 is 0 Å². The molecule has 0 radical (unpaired) electrons. The van der Waals surface area contributed by atoms with Crippen molar-refractivity contribution in [3.63, 3.8) is 0 Å². The van der Waals surface area contributed by atoms with Crippen LogP contribution in [0.15, 0.2) is 0 Å². The Kier molecular flexibility index (Phi) is 9.38. The van der Waals surface area contributed by atoms with Crippen molar-refractivity contribution in [3.8, 4) is 0 Å². The van der Waals surface area contributed by atoms with Crippen LogP contribution in [-0.4, -0.2) is 0 Å². The maximum Gasteiger partial charge on any atom is -0.0292 e. The topological polar surface area (TPSA) is 0 Å². The summed E-state index contributed by atoms with van der Waals surface area (Å²) in [5, 5.41) is 0. The summed E-state index contributed by atoms with van der Waals surface area (Å²) in [7, 11) is 0. The molecule has 0 saturated heterocycles. The molecule has 0 heteroatoms. The normalized spacial score (nSPS) is 55.5. The van der Waals surface area contributed by atoms with Gasteiger partial charge in [0.2, 0.25) is 0 Å². The maximum absolute atomic E-state index is 2.83. The van der Waals surface area contributed by atoms with Crippen LogP contribution in [0.5, 0.6) is 0 Å². The zero-order chi connectivity index (χ0) is 32.7. The number of rotatable bonds is 3. The standard InChI is InChI=1S/C49H80/c1-49(2)47-29-35(38-19-9-13-31-11-3-5-15-37(31)38)22-25-44(47)45-26-23-36(30-48(45)49)39-20-10-14-32-27-34(21-24-41(32)39)46-28-33-12-4-6-16-40(33)42-17-7-8-18-43(42)46/h31-48H,3-30H2,1-2H3. The van der Waals surface area contributed by atoms with E-state index in [1.165, 1.54) is 0 Å². The molecule has 10 rings (SSSR count). The second kappa shape index (κ2) is 13.7. The Balaban J connectivity index is 0.805. The van der Waals surface area contributed by atoms with E-state index in [4.69, 9.17) is 0 Å². The predicted octanol–water partition coefficient (Wildman–Crippen LogP) is 14.2. The lowest BCUT2D eigenvalue weighted by molar-refractivity contribution is -0.0633. The van der Waals surface area contributed by atoms with Crippen LogP contribution in [0.2, 0.25) is 0 Å². The van der Waals surface area contributed by atoms with Crippen LogP contribution in [0.4, 0.5) is 0 Å². The van der Waals surface area contributed by atoms with E-state index in [0.717, 1.165) is 107 Å². The third kappa shape index (κ3) is 5.83. The first-order valence-electron chi connectivity index (χ1n) is 24.0. The molecule has 0 nitrogen and oxygen atoms in total. The molecule has 0 heterocycles. The first-order chi connectivity index (χ1) is 24.0. The quantitative estimate of drug-likeness (QED) is 0.281. The van der Waals surface area contributed by atoms with Crippen molar-refractivity contribution in [2.45, 2.75) is 194 Å². The predicted molar refractivity (Wildman–Crippen MR) is 206 cm³/mol. The van der Waals surface area contributed by atoms with Crippen LogP contribution < -0.4 is 0 Å². The van der Waals surface area contributed by atoms with Crippen LogP contribution in [-0.2, 0) is 0 Å². The fourth-order valence-corrected chi connectivity index (χ4v) is 19.2. The van der Waals surface area contributed by atoms with Crippen LogP contribution in [0.25, 0.3) is 0 Å². The zero-order valence-corrected chi connectivity index (χ0v) is 32.7. The molecular weight excluding hydrogens is 589 g/mol. The third-order valence-corrected chi connectivity index (χ3v) is 21.1. The Morgan fingerprint density at radius 2 is 0.592 bits per heavy atom. The summed E-state index contributed by atoms with van der Waals surface area (Å²) >= 11 is 0. The summed E-state index contributed by atoms with van der Waals surface area (Å²) in [6, 6.07) is 0. The van der Waals surface area contributed by atoms with Crippen LogP contribution in [0.3, 0.4) is 0 Å². The summed E-state index contributed by atoms with van der Waals surface area (Å²) in [6.45, 7) is 5.66. The number of fused-ring (bicyclic) bond motifs is 8. The highest BCUT2D eigenvalue weighted by Crippen LogP contribution is 2.67. The van der Waals surface area contributed by atoms with Gasteiger partial charge in [0.15, 0.2) is 0 Å². The SMILES string of the molecule is CC1(C)C2CC(C3CCCC4CCCCC43)CCC2C2CCC(C3CCCC4CC(C5CC6CCCCC6C6CCCCC56)CCC43)CC21. The lowest BCUT2D eigenvalue weighted by Crippen LogP contribution is -2.47. The molecular formula is C49H80. The van der Waals surface area contributed by atoms with Gasteiger partial charge in [-0.1, -0.05) is 90.9 Å². The van der Waals surface area contributed by atoms with Crippen LogP contribution in [0, 0.1) is 112 Å². The highest BCUT2D eigenvalue weighted by Gasteiger charge is 2.59. The van der Waals surface area contributed by atoms with Gasteiger partial charge in [-0.15, -0.1) is 0 Å². The fourth-order valence-electron chi connectivity index (χ4n) is 19.2. The van der Waals surface area contributed by atoms with E-state index in [1.807, 2.05) is 0 Å². The summed E-state index contributed by atoms with van der Waals surface area (Å²) in [5.74, 6) is 20.0. The van der Waals surface area contributed by atoms with Gasteiger partial charge in [0, 0.05) is 0 Å². The lowest BCUT2D eigenvalue weighted by Gasteiger charge is -2.56. The molecule has 0 aliphatic heterocycles. The Labute approximate surface area is 304 Å². The largest absolute Gasteiger partial charge is 0.0594 e. The van der Waals surface area contributed by atoms with Crippen molar-refractivity contribution in [2.24, 2.45) is 112 Å². The molecule has 49 heavy (non-hydrogen) atoms. The molecule has 0 spiro atoms. The minimum atomic E-state index is 0.605. The van der Waals surface area contributed by atoms with E-state index in [2.05, 4.69) is 13.8 Å². The van der Waals surface area contributed by atoms with E-state index in [0.29, 0.717) is 5.41 Å². The molecule has 18 atom stereocenters. The van der Waals surface area contributed by atoms with Gasteiger partial charge in [0.05, 0.1) is 0 Å². The van der Waals surface area contributed by atoms with Crippen molar-refractivity contribution in [3.05, 3.63) is 0 Å². The fraction of sp³-hybridized carbons (Fsp3) is 1.00. The summed E-state index contributed by atoms with van der Waals surface area (Å²) in [6.07, 6.45) is 45.0. The molecule has 276 valence electrons. The first-order valence-corrected chi connectivity index (χ1v) is 24.0. The molecule has 0 N–H and O–H groups in total. The highest BCUT2D eigenvalue weighted by molar-refractivity contribution is 5.08.